The number of nitrogens with zero attached hydrogens (tertiary/aromatic N) is 2. The molecule has 1 heterocycles. The summed E-state index contributed by atoms with van der Waals surface area (Å²) in [4.78, 5) is 16.3. The number of H-pyrrole nitrogens is 1. The summed E-state index contributed by atoms with van der Waals surface area (Å²) in [6.07, 6.45) is 0.286. The van der Waals surface area contributed by atoms with Crippen molar-refractivity contribution in [2.45, 2.75) is 39.8 Å². The minimum atomic E-state index is -0.187. The van der Waals surface area contributed by atoms with Crippen molar-refractivity contribution in [2.24, 2.45) is 11.1 Å². The number of carbonyl (C=O) groups is 1. The van der Waals surface area contributed by atoms with E-state index in [-0.39, 0.29) is 23.8 Å². The lowest BCUT2D eigenvalue weighted by Gasteiger charge is -2.26. The molecule has 0 aliphatic rings. The van der Waals surface area contributed by atoms with Gasteiger partial charge in [-0.2, -0.15) is 5.10 Å². The Morgan fingerprint density at radius 3 is 2.74 bits per heavy atom. The van der Waals surface area contributed by atoms with Crippen LogP contribution in [-0.4, -0.2) is 27.1 Å². The van der Waals surface area contributed by atoms with E-state index >= 15 is 0 Å². The van der Waals surface area contributed by atoms with E-state index in [0.29, 0.717) is 18.2 Å². The van der Waals surface area contributed by atoms with E-state index in [9.17, 15) is 4.79 Å². The molecule has 0 bridgehead atoms. The molecular weight excluding hydrogens is 358 g/mol. The fraction of sp³-hybridized carbons (Fsp3) is 0.438. The monoisotopic (exact) mass is 379 g/mol. The Kier molecular flexibility index (Phi) is 5.54. The SMILES string of the molecule is CC(C)(C)C(N)CC(=O)NCc1nc(-c2ccccc2Br)n[nH]1. The third kappa shape index (κ3) is 4.87. The van der Waals surface area contributed by atoms with Crippen LogP contribution in [0, 0.1) is 5.41 Å². The second kappa shape index (κ2) is 7.23. The molecule has 0 radical (unpaired) electrons. The number of benzene rings is 1. The predicted molar refractivity (Wildman–Crippen MR) is 93.4 cm³/mol. The van der Waals surface area contributed by atoms with Crippen molar-refractivity contribution in [3.05, 3.63) is 34.6 Å². The minimum absolute atomic E-state index is 0.0914. The molecule has 1 unspecified atom stereocenters. The Balaban J connectivity index is 1.93. The molecule has 1 atom stereocenters. The molecule has 0 saturated carbocycles. The topological polar surface area (TPSA) is 96.7 Å². The lowest BCUT2D eigenvalue weighted by molar-refractivity contribution is -0.122. The second-order valence-electron chi connectivity index (χ2n) is 6.54. The minimum Gasteiger partial charge on any atom is -0.349 e. The van der Waals surface area contributed by atoms with Gasteiger partial charge in [0.2, 0.25) is 5.91 Å². The zero-order valence-corrected chi connectivity index (χ0v) is 15.1. The average molecular weight is 380 g/mol. The second-order valence-corrected chi connectivity index (χ2v) is 7.39. The van der Waals surface area contributed by atoms with Crippen LogP contribution in [0.15, 0.2) is 28.7 Å². The molecule has 1 aromatic heterocycles. The summed E-state index contributed by atoms with van der Waals surface area (Å²) in [6.45, 7) is 6.36. The molecule has 0 fully saturated rings. The molecule has 0 saturated heterocycles. The van der Waals surface area contributed by atoms with Gasteiger partial charge < -0.3 is 11.1 Å². The van der Waals surface area contributed by atoms with E-state index in [1.807, 2.05) is 45.0 Å². The van der Waals surface area contributed by atoms with Gasteiger partial charge in [-0.1, -0.05) is 48.8 Å². The molecule has 0 spiro atoms. The fourth-order valence-corrected chi connectivity index (χ4v) is 2.36. The molecular formula is C16H22BrN5O. The number of aromatic amines is 1. The molecule has 4 N–H and O–H groups in total. The van der Waals surface area contributed by atoms with Crippen LogP contribution in [-0.2, 0) is 11.3 Å². The highest BCUT2D eigenvalue weighted by Gasteiger charge is 2.23. The predicted octanol–water partition coefficient (Wildman–Crippen LogP) is 2.61. The lowest BCUT2D eigenvalue weighted by atomic mass is 9.85. The van der Waals surface area contributed by atoms with Crippen molar-refractivity contribution in [3.8, 4) is 11.4 Å². The van der Waals surface area contributed by atoms with E-state index in [0.717, 1.165) is 10.0 Å². The van der Waals surface area contributed by atoms with Crippen LogP contribution >= 0.6 is 15.9 Å². The Bertz CT molecular complexity index is 677. The summed E-state index contributed by atoms with van der Waals surface area (Å²) in [7, 11) is 0. The van der Waals surface area contributed by atoms with Gasteiger partial charge >= 0.3 is 0 Å². The summed E-state index contributed by atoms with van der Waals surface area (Å²) in [5, 5.41) is 9.84. The van der Waals surface area contributed by atoms with Gasteiger partial charge in [-0.3, -0.25) is 9.89 Å². The van der Waals surface area contributed by atoms with Gasteiger partial charge in [0.25, 0.3) is 0 Å². The Labute approximate surface area is 144 Å². The molecule has 6 nitrogen and oxygen atoms in total. The van der Waals surface area contributed by atoms with Gasteiger partial charge in [0.1, 0.15) is 5.82 Å². The number of nitrogens with one attached hydrogen (secondary N) is 2. The summed E-state index contributed by atoms with van der Waals surface area (Å²) < 4.78 is 0.922. The highest BCUT2D eigenvalue weighted by molar-refractivity contribution is 9.10. The Morgan fingerprint density at radius 2 is 2.09 bits per heavy atom. The van der Waals surface area contributed by atoms with Crippen LogP contribution in [0.5, 0.6) is 0 Å². The summed E-state index contributed by atoms with van der Waals surface area (Å²) in [5.41, 5.74) is 6.81. The standard InChI is InChI=1S/C16H22BrN5O/c1-16(2,3)12(18)8-14(23)19-9-13-20-15(22-21-13)10-6-4-5-7-11(10)17/h4-7,12H,8-9,18H2,1-3H3,(H,19,23)(H,20,21,22). The van der Waals surface area contributed by atoms with Gasteiger partial charge in [0, 0.05) is 22.5 Å². The summed E-state index contributed by atoms with van der Waals surface area (Å²) in [5.74, 6) is 1.10. The first-order valence-corrected chi connectivity index (χ1v) is 8.25. The van der Waals surface area contributed by atoms with Crippen molar-refractivity contribution in [1.29, 1.82) is 0 Å². The summed E-state index contributed by atoms with van der Waals surface area (Å²) >= 11 is 3.47. The molecule has 0 aliphatic carbocycles. The highest BCUT2D eigenvalue weighted by Crippen LogP contribution is 2.24. The number of hydrogen-bond donors (Lipinski definition) is 3. The van der Waals surface area contributed by atoms with Gasteiger partial charge in [0.05, 0.1) is 6.54 Å². The summed E-state index contributed by atoms with van der Waals surface area (Å²) in [6, 6.07) is 7.53. The molecule has 7 heteroatoms. The van der Waals surface area contributed by atoms with Crippen LogP contribution in [0.2, 0.25) is 0 Å². The largest absolute Gasteiger partial charge is 0.349 e. The van der Waals surface area contributed by atoms with Gasteiger partial charge in [-0.25, -0.2) is 4.98 Å². The first-order chi connectivity index (χ1) is 10.8. The zero-order valence-electron chi connectivity index (χ0n) is 13.6. The van der Waals surface area contributed by atoms with Gasteiger partial charge in [-0.15, -0.1) is 0 Å². The van der Waals surface area contributed by atoms with E-state index in [4.69, 9.17) is 5.73 Å². The van der Waals surface area contributed by atoms with E-state index < -0.39 is 0 Å². The maximum Gasteiger partial charge on any atom is 0.221 e. The number of halogens is 1. The highest BCUT2D eigenvalue weighted by atomic mass is 79.9. The maximum atomic E-state index is 11.9. The van der Waals surface area contributed by atoms with Crippen molar-refractivity contribution in [1.82, 2.24) is 20.5 Å². The number of amides is 1. The lowest BCUT2D eigenvalue weighted by Crippen LogP contribution is -2.40. The fourth-order valence-electron chi connectivity index (χ4n) is 1.90. The normalized spacial score (nSPS) is 12.9. The van der Waals surface area contributed by atoms with Crippen LogP contribution in [0.25, 0.3) is 11.4 Å². The van der Waals surface area contributed by atoms with E-state index in [1.165, 1.54) is 0 Å². The van der Waals surface area contributed by atoms with Crippen LogP contribution in [0.4, 0.5) is 0 Å². The Hall–Kier alpha value is -1.73. The van der Waals surface area contributed by atoms with Crippen molar-refractivity contribution in [3.63, 3.8) is 0 Å². The molecule has 23 heavy (non-hydrogen) atoms. The van der Waals surface area contributed by atoms with Crippen LogP contribution in [0.1, 0.15) is 33.0 Å². The smallest absolute Gasteiger partial charge is 0.221 e. The number of nitrogens with two attached hydrogens (primary N) is 1. The van der Waals surface area contributed by atoms with Crippen LogP contribution in [0.3, 0.4) is 0 Å². The number of hydrogen-bond acceptors (Lipinski definition) is 4. The van der Waals surface area contributed by atoms with Crippen molar-refractivity contribution < 1.29 is 4.79 Å². The number of aromatic nitrogens is 3. The quantitative estimate of drug-likeness (QED) is 0.743. The average Bonchev–Trinajstić information content (AvgIpc) is 2.93. The van der Waals surface area contributed by atoms with Crippen molar-refractivity contribution in [2.75, 3.05) is 0 Å². The van der Waals surface area contributed by atoms with E-state index in [1.54, 1.807) is 0 Å². The zero-order chi connectivity index (χ0) is 17.0. The molecule has 2 aromatic rings. The van der Waals surface area contributed by atoms with E-state index in [2.05, 4.69) is 36.4 Å². The first-order valence-electron chi connectivity index (χ1n) is 7.46. The molecule has 2 rings (SSSR count). The molecule has 0 aliphatic heterocycles. The van der Waals surface area contributed by atoms with Crippen molar-refractivity contribution >= 4 is 21.8 Å². The maximum absolute atomic E-state index is 11.9. The van der Waals surface area contributed by atoms with Crippen LogP contribution < -0.4 is 11.1 Å². The first kappa shape index (κ1) is 17.6. The molecule has 1 aromatic carbocycles. The van der Waals surface area contributed by atoms with Gasteiger partial charge in [0.15, 0.2) is 5.82 Å². The molecule has 1 amide bonds. The molecule has 124 valence electrons. The number of rotatable bonds is 5. The Morgan fingerprint density at radius 1 is 1.39 bits per heavy atom. The third-order valence-corrected chi connectivity index (χ3v) is 4.31. The number of carbonyl (C=O) groups excluding carboxylic acids is 1. The third-order valence-electron chi connectivity index (χ3n) is 3.62. The van der Waals surface area contributed by atoms with Gasteiger partial charge in [-0.05, 0) is 17.5 Å².